The van der Waals surface area contributed by atoms with Crippen molar-refractivity contribution in [2.75, 3.05) is 0 Å². The Kier molecular flexibility index (Phi) is 8.78. The minimum absolute atomic E-state index is 0. The smallest absolute Gasteiger partial charge is 0.416 e. The van der Waals surface area contributed by atoms with E-state index in [-0.39, 0.29) is 44.8 Å². The van der Waals surface area contributed by atoms with Gasteiger partial charge in [-0.2, -0.15) is 18.3 Å². The van der Waals surface area contributed by atoms with E-state index in [9.17, 15) is 36.1 Å². The molecule has 222 valence electrons. The zero-order chi connectivity index (χ0) is 29.6. The van der Waals surface area contributed by atoms with Crippen molar-refractivity contribution < 1.29 is 41.5 Å². The minimum atomic E-state index is -4.88. The molecule has 2 aromatic heterocycles. The molecule has 1 aliphatic rings. The Balaban J connectivity index is 0.00000405. The van der Waals surface area contributed by atoms with Gasteiger partial charge in [0, 0.05) is 28.5 Å². The number of aromatic nitrogens is 3. The summed E-state index contributed by atoms with van der Waals surface area (Å²) in [5.74, 6) is -2.85. The number of rotatable bonds is 9. The van der Waals surface area contributed by atoms with Crippen LogP contribution in [-0.4, -0.2) is 37.5 Å². The van der Waals surface area contributed by atoms with Crippen LogP contribution in [0, 0.1) is 17.6 Å². The van der Waals surface area contributed by atoms with Crippen LogP contribution in [0.15, 0.2) is 53.3 Å². The van der Waals surface area contributed by atoms with E-state index in [0.717, 1.165) is 36.3 Å². The maximum Gasteiger partial charge on any atom is 0.416 e. The molecule has 0 bridgehead atoms. The van der Waals surface area contributed by atoms with Gasteiger partial charge in [-0.1, -0.05) is 16.9 Å². The van der Waals surface area contributed by atoms with Crippen LogP contribution in [-0.2, 0) is 28.0 Å². The van der Waals surface area contributed by atoms with Crippen LogP contribution in [0.2, 0.25) is 0 Å². The molecule has 1 fully saturated rings. The molecule has 4 N–H and O–H groups in total. The Bertz CT molecular complexity index is 1710. The first-order valence-corrected chi connectivity index (χ1v) is 14.4. The highest BCUT2D eigenvalue weighted by atomic mass is 32.2. The van der Waals surface area contributed by atoms with Crippen LogP contribution in [0.3, 0.4) is 0 Å². The number of carboxylic acid groups (broad SMARTS) is 1. The van der Waals surface area contributed by atoms with Crippen LogP contribution >= 0.6 is 11.3 Å². The Morgan fingerprint density at radius 3 is 2.45 bits per heavy atom. The molecule has 2 aromatic carbocycles. The summed E-state index contributed by atoms with van der Waals surface area (Å²) in [5.41, 5.74) is -0.409. The van der Waals surface area contributed by atoms with Crippen molar-refractivity contribution >= 4 is 33.9 Å². The number of alkyl halides is 3. The summed E-state index contributed by atoms with van der Waals surface area (Å²) in [5, 5.41) is 20.9. The molecule has 4 aromatic rings. The molecule has 0 amide bonds. The number of hydrogen-bond acceptors (Lipinski definition) is 6. The van der Waals surface area contributed by atoms with E-state index >= 15 is 0 Å². The number of aromatic carboxylic acids is 1. The van der Waals surface area contributed by atoms with E-state index in [2.05, 4.69) is 16.7 Å². The Morgan fingerprint density at radius 2 is 1.88 bits per heavy atom. The van der Waals surface area contributed by atoms with Gasteiger partial charge < -0.3 is 10.6 Å². The molecule has 5 rings (SSSR count). The monoisotopic (exact) mass is 626 g/mol. The molecular formula is C27H23F5N4O4S2. The maximum atomic E-state index is 14.7. The molecule has 15 heteroatoms. The Hall–Kier alpha value is -3.79. The average Bonchev–Trinajstić information content (AvgIpc) is 3.46. The first kappa shape index (κ1) is 31.2. The van der Waals surface area contributed by atoms with Gasteiger partial charge in [-0.3, -0.25) is 0 Å². The highest BCUT2D eigenvalue weighted by Gasteiger charge is 2.35. The minimum Gasteiger partial charge on any atom is -0.870 e. The van der Waals surface area contributed by atoms with Crippen molar-refractivity contribution in [3.8, 4) is 16.4 Å². The molecule has 0 aliphatic heterocycles. The zero-order valence-corrected chi connectivity index (χ0v) is 23.2. The molecule has 8 nitrogen and oxygen atoms in total. The Morgan fingerprint density at radius 1 is 1.17 bits per heavy atom. The maximum absolute atomic E-state index is 14.7. The zero-order valence-electron chi connectivity index (χ0n) is 21.5. The van der Waals surface area contributed by atoms with E-state index in [1.807, 2.05) is 0 Å². The van der Waals surface area contributed by atoms with E-state index in [4.69, 9.17) is 5.14 Å². The normalized spacial score (nSPS) is 14.0. The summed E-state index contributed by atoms with van der Waals surface area (Å²) in [4.78, 5) is 15.5. The van der Waals surface area contributed by atoms with Gasteiger partial charge in [0.2, 0.25) is 10.0 Å². The van der Waals surface area contributed by atoms with Crippen LogP contribution in [0.25, 0.3) is 22.0 Å². The molecular weight excluding hydrogens is 603 g/mol. The lowest BCUT2D eigenvalue weighted by Crippen LogP contribution is -2.11. The number of nitrogens with zero attached hydrogens (tertiary/aromatic N) is 3. The molecule has 1 atom stereocenters. The van der Waals surface area contributed by atoms with E-state index in [0.29, 0.717) is 23.2 Å². The van der Waals surface area contributed by atoms with Gasteiger partial charge >= 0.3 is 12.1 Å². The van der Waals surface area contributed by atoms with Crippen LogP contribution in [0.5, 0.6) is 0 Å². The molecule has 0 radical (unpaired) electrons. The molecule has 1 saturated carbocycles. The van der Waals surface area contributed by atoms with Gasteiger partial charge in [-0.25, -0.2) is 23.2 Å². The largest absolute Gasteiger partial charge is 0.870 e. The summed E-state index contributed by atoms with van der Waals surface area (Å²) in [6, 6.07) is 7.20. The molecule has 1 aliphatic carbocycles. The highest BCUT2D eigenvalue weighted by Crippen LogP contribution is 2.40. The standard InChI is InChI=1S/C27H21F5N4O3S2.H2O/c1-13(27(30,31)32)17-11-16(5-6-19(17)28)24-18(8-15-4-7-23(41(33)39)20(29)9-15)22(10-14-2-3-14)36(35-24)26-34-21(12-40-26)25(37)38;/h4-7,9,11-12,14H,1-3,8,10H2,(H2,33,39)(H,37,38);1H2. The number of halogens is 5. The SMILES string of the molecule is C=C(c1cc(-c2nn(-c3nc(C(=O)O)cs3)c(CC3CC3)c2Cc2ccc([SH+](N)=O)c(F)c2)ccc1F)C(F)(F)F.[OH-]. The lowest BCUT2D eigenvalue weighted by Gasteiger charge is -2.13. The third-order valence-corrected chi connectivity index (χ3v) is 8.35. The second-order valence-electron chi connectivity index (χ2n) is 9.61. The van der Waals surface area contributed by atoms with Crippen molar-refractivity contribution in [1.29, 1.82) is 0 Å². The number of carbonyl (C=O) groups is 1. The van der Waals surface area contributed by atoms with Gasteiger partial charge in [0.1, 0.15) is 5.82 Å². The first-order valence-electron chi connectivity index (χ1n) is 12.2. The van der Waals surface area contributed by atoms with E-state index in [1.54, 1.807) is 0 Å². The third kappa shape index (κ3) is 6.33. The van der Waals surface area contributed by atoms with Crippen molar-refractivity contribution in [3.05, 3.63) is 88.1 Å². The molecule has 0 saturated heterocycles. The average molecular weight is 627 g/mol. The number of carboxylic acids is 1. The Labute approximate surface area is 242 Å². The lowest BCUT2D eigenvalue weighted by atomic mass is 9.95. The van der Waals surface area contributed by atoms with Gasteiger partial charge in [-0.15, -0.1) is 16.5 Å². The summed E-state index contributed by atoms with van der Waals surface area (Å²) in [6.07, 6.45) is -2.48. The number of allylic oxidation sites excluding steroid dienone is 1. The molecule has 0 spiro atoms. The fourth-order valence-electron chi connectivity index (χ4n) is 4.43. The van der Waals surface area contributed by atoms with E-state index < -0.39 is 45.9 Å². The summed E-state index contributed by atoms with van der Waals surface area (Å²) >= 11 is 1.02. The highest BCUT2D eigenvalue weighted by molar-refractivity contribution is 7.82. The summed E-state index contributed by atoms with van der Waals surface area (Å²) in [6.45, 7) is 3.02. The number of thiol groups is 1. The molecule has 42 heavy (non-hydrogen) atoms. The van der Waals surface area contributed by atoms with Crippen LogP contribution in [0.4, 0.5) is 22.0 Å². The van der Waals surface area contributed by atoms with Crippen molar-refractivity contribution in [2.45, 2.75) is 36.8 Å². The number of thiazole rings is 1. The number of hydrogen-bond donors (Lipinski definition) is 2. The summed E-state index contributed by atoms with van der Waals surface area (Å²) < 4.78 is 82.7. The third-order valence-electron chi connectivity index (χ3n) is 6.70. The quantitative estimate of drug-likeness (QED) is 0.136. The van der Waals surface area contributed by atoms with Crippen LogP contribution < -0.4 is 5.14 Å². The van der Waals surface area contributed by atoms with Gasteiger partial charge in [-0.05, 0) is 61.1 Å². The lowest BCUT2D eigenvalue weighted by molar-refractivity contribution is -0.0688. The summed E-state index contributed by atoms with van der Waals surface area (Å²) in [7, 11) is -2.42. The molecule has 2 heterocycles. The van der Waals surface area contributed by atoms with Crippen LogP contribution in [0.1, 0.15) is 45.7 Å². The first-order chi connectivity index (χ1) is 19.3. The second kappa shape index (κ2) is 11.8. The fourth-order valence-corrected chi connectivity index (χ4v) is 5.69. The van der Waals surface area contributed by atoms with Gasteiger partial charge in [0.05, 0.1) is 17.0 Å². The predicted molar refractivity (Wildman–Crippen MR) is 146 cm³/mol. The van der Waals surface area contributed by atoms with Gasteiger partial charge in [0.15, 0.2) is 22.5 Å². The molecule has 1 unspecified atom stereocenters. The topological polar surface area (TPSA) is 141 Å². The van der Waals surface area contributed by atoms with E-state index in [1.165, 1.54) is 34.3 Å². The van der Waals surface area contributed by atoms with Crippen molar-refractivity contribution in [2.24, 2.45) is 11.1 Å². The number of nitrogens with two attached hydrogens (primary N) is 1. The number of benzene rings is 2. The second-order valence-corrected chi connectivity index (χ2v) is 11.6. The van der Waals surface area contributed by atoms with Crippen molar-refractivity contribution in [1.82, 2.24) is 14.8 Å². The predicted octanol–water partition coefficient (Wildman–Crippen LogP) is 5.84. The fraction of sp³-hybridized carbons (Fsp3) is 0.222. The van der Waals surface area contributed by atoms with Crippen molar-refractivity contribution in [3.63, 3.8) is 0 Å². The van der Waals surface area contributed by atoms with Gasteiger partial charge in [0.25, 0.3) is 0 Å².